The molecule has 1 aromatic rings. The molecule has 1 aromatic heterocycles. The second kappa shape index (κ2) is 6.32. The number of nitrogens with zero attached hydrogens (tertiary/aromatic N) is 2. The van der Waals surface area contributed by atoms with Crippen molar-refractivity contribution in [2.75, 3.05) is 25.0 Å². The van der Waals surface area contributed by atoms with E-state index < -0.39 is 0 Å². The third kappa shape index (κ3) is 3.70. The monoisotopic (exact) mass is 194 g/mol. The molecule has 0 amide bonds. The maximum absolute atomic E-state index is 4.20. The van der Waals surface area contributed by atoms with E-state index in [0.717, 1.165) is 37.6 Å². The Kier molecular flexibility index (Phi) is 4.93. The Morgan fingerprint density at radius 2 is 2.00 bits per heavy atom. The third-order valence-electron chi connectivity index (χ3n) is 1.95. The van der Waals surface area contributed by atoms with Crippen molar-refractivity contribution in [3.05, 3.63) is 18.1 Å². The predicted molar refractivity (Wildman–Crippen MR) is 58.4 cm³/mol. The average Bonchev–Trinajstić information content (AvgIpc) is 2.20. The van der Waals surface area contributed by atoms with Crippen LogP contribution < -0.4 is 10.6 Å². The zero-order chi connectivity index (χ0) is 10.2. The zero-order valence-corrected chi connectivity index (χ0v) is 8.88. The summed E-state index contributed by atoms with van der Waals surface area (Å²) in [7, 11) is 0. The topological polar surface area (TPSA) is 49.8 Å². The van der Waals surface area contributed by atoms with Crippen LogP contribution in [0.15, 0.2) is 12.4 Å². The maximum atomic E-state index is 4.20. The van der Waals surface area contributed by atoms with Gasteiger partial charge in [0.15, 0.2) is 0 Å². The first-order chi connectivity index (χ1) is 6.84. The Bertz CT molecular complexity index is 262. The van der Waals surface area contributed by atoms with Gasteiger partial charge < -0.3 is 10.6 Å². The van der Waals surface area contributed by atoms with Crippen molar-refractivity contribution in [2.45, 2.75) is 20.3 Å². The largest absolute Gasteiger partial charge is 0.369 e. The predicted octanol–water partition coefficient (Wildman–Crippen LogP) is 1.20. The van der Waals surface area contributed by atoms with Crippen LogP contribution >= 0.6 is 0 Å². The molecular formula is C10H18N4. The van der Waals surface area contributed by atoms with Gasteiger partial charge in [-0.1, -0.05) is 6.92 Å². The van der Waals surface area contributed by atoms with Crippen molar-refractivity contribution in [3.8, 4) is 0 Å². The molecular weight excluding hydrogens is 176 g/mol. The fourth-order valence-corrected chi connectivity index (χ4v) is 1.18. The molecule has 0 aliphatic rings. The molecule has 0 atom stereocenters. The highest BCUT2D eigenvalue weighted by molar-refractivity contribution is 5.37. The summed E-state index contributed by atoms with van der Waals surface area (Å²) in [6.45, 7) is 7.08. The van der Waals surface area contributed by atoms with Gasteiger partial charge in [0.05, 0.1) is 5.69 Å². The number of nitrogens with one attached hydrogen (secondary N) is 2. The van der Waals surface area contributed by atoms with Crippen molar-refractivity contribution < 1.29 is 0 Å². The van der Waals surface area contributed by atoms with Crippen molar-refractivity contribution in [1.82, 2.24) is 15.3 Å². The third-order valence-corrected chi connectivity index (χ3v) is 1.95. The van der Waals surface area contributed by atoms with E-state index in [4.69, 9.17) is 0 Å². The molecule has 0 spiro atoms. The van der Waals surface area contributed by atoms with E-state index in [2.05, 4.69) is 27.5 Å². The van der Waals surface area contributed by atoms with Crippen molar-refractivity contribution in [1.29, 1.82) is 0 Å². The van der Waals surface area contributed by atoms with Crippen LogP contribution in [0.3, 0.4) is 0 Å². The molecule has 0 bridgehead atoms. The highest BCUT2D eigenvalue weighted by Gasteiger charge is 1.97. The second-order valence-corrected chi connectivity index (χ2v) is 3.12. The molecule has 1 rings (SSSR count). The number of hydrogen-bond donors (Lipinski definition) is 2. The summed E-state index contributed by atoms with van der Waals surface area (Å²) in [6, 6.07) is 0. The Morgan fingerprint density at radius 3 is 2.71 bits per heavy atom. The highest BCUT2D eigenvalue weighted by atomic mass is 15.0. The number of hydrogen-bond acceptors (Lipinski definition) is 4. The summed E-state index contributed by atoms with van der Waals surface area (Å²) in [5.41, 5.74) is 0.955. The summed E-state index contributed by atoms with van der Waals surface area (Å²) in [6.07, 6.45) is 4.52. The lowest BCUT2D eigenvalue weighted by Crippen LogP contribution is -2.17. The number of aromatic nitrogens is 2. The van der Waals surface area contributed by atoms with Gasteiger partial charge in [0.2, 0.25) is 0 Å². The van der Waals surface area contributed by atoms with Gasteiger partial charge >= 0.3 is 0 Å². The molecule has 0 fully saturated rings. The van der Waals surface area contributed by atoms with Crippen LogP contribution in [0.1, 0.15) is 19.0 Å². The normalized spacial score (nSPS) is 10.1. The molecule has 2 N–H and O–H groups in total. The summed E-state index contributed by atoms with van der Waals surface area (Å²) < 4.78 is 0. The molecule has 4 nitrogen and oxygen atoms in total. The smallest absolute Gasteiger partial charge is 0.147 e. The number of rotatable bonds is 6. The lowest BCUT2D eigenvalue weighted by atomic mass is 10.4. The Balaban J connectivity index is 2.21. The molecule has 0 radical (unpaired) electrons. The SMILES string of the molecule is CCNCCCNc1nccnc1C. The summed E-state index contributed by atoms with van der Waals surface area (Å²) in [4.78, 5) is 8.36. The van der Waals surface area contributed by atoms with Crippen LogP contribution in [-0.2, 0) is 0 Å². The van der Waals surface area contributed by atoms with Gasteiger partial charge in [-0.15, -0.1) is 0 Å². The van der Waals surface area contributed by atoms with Gasteiger partial charge in [-0.2, -0.15) is 0 Å². The molecule has 0 aliphatic carbocycles. The molecule has 0 aliphatic heterocycles. The lowest BCUT2D eigenvalue weighted by Gasteiger charge is -2.06. The first-order valence-electron chi connectivity index (χ1n) is 5.06. The zero-order valence-electron chi connectivity index (χ0n) is 8.88. The fourth-order valence-electron chi connectivity index (χ4n) is 1.18. The van der Waals surface area contributed by atoms with Crippen molar-refractivity contribution >= 4 is 5.82 Å². The van der Waals surface area contributed by atoms with Gasteiger partial charge in [0, 0.05) is 18.9 Å². The molecule has 0 unspecified atom stereocenters. The van der Waals surface area contributed by atoms with Crippen LogP contribution in [0.2, 0.25) is 0 Å². The Labute approximate surface area is 85.2 Å². The minimum absolute atomic E-state index is 0.893. The van der Waals surface area contributed by atoms with E-state index in [-0.39, 0.29) is 0 Å². The van der Waals surface area contributed by atoms with E-state index in [1.807, 2.05) is 6.92 Å². The van der Waals surface area contributed by atoms with E-state index in [0.29, 0.717) is 0 Å². The van der Waals surface area contributed by atoms with Gasteiger partial charge in [0.25, 0.3) is 0 Å². The minimum Gasteiger partial charge on any atom is -0.369 e. The summed E-state index contributed by atoms with van der Waals surface area (Å²) in [5, 5.41) is 6.53. The van der Waals surface area contributed by atoms with Crippen LogP contribution in [0.5, 0.6) is 0 Å². The quantitative estimate of drug-likeness (QED) is 0.668. The fraction of sp³-hybridized carbons (Fsp3) is 0.600. The maximum Gasteiger partial charge on any atom is 0.147 e. The van der Waals surface area contributed by atoms with Gasteiger partial charge in [-0.25, -0.2) is 4.98 Å². The van der Waals surface area contributed by atoms with Crippen LogP contribution in [-0.4, -0.2) is 29.6 Å². The summed E-state index contributed by atoms with van der Waals surface area (Å²) >= 11 is 0. The lowest BCUT2D eigenvalue weighted by molar-refractivity contribution is 0.687. The van der Waals surface area contributed by atoms with E-state index in [9.17, 15) is 0 Å². The first kappa shape index (κ1) is 10.9. The summed E-state index contributed by atoms with van der Waals surface area (Å²) in [5.74, 6) is 0.893. The second-order valence-electron chi connectivity index (χ2n) is 3.12. The van der Waals surface area contributed by atoms with E-state index in [1.165, 1.54) is 0 Å². The van der Waals surface area contributed by atoms with E-state index >= 15 is 0 Å². The van der Waals surface area contributed by atoms with Gasteiger partial charge in [-0.3, -0.25) is 4.98 Å². The molecule has 0 saturated carbocycles. The Hall–Kier alpha value is -1.16. The van der Waals surface area contributed by atoms with Crippen molar-refractivity contribution in [3.63, 3.8) is 0 Å². The standard InChI is InChI=1S/C10H18N4/c1-3-11-5-4-6-13-10-9(2)12-7-8-14-10/h7-8,11H,3-6H2,1-2H3,(H,13,14). The molecule has 14 heavy (non-hydrogen) atoms. The van der Waals surface area contributed by atoms with Gasteiger partial charge in [0.1, 0.15) is 5.82 Å². The van der Waals surface area contributed by atoms with Crippen LogP contribution in [0.4, 0.5) is 5.82 Å². The van der Waals surface area contributed by atoms with Crippen molar-refractivity contribution in [2.24, 2.45) is 0 Å². The first-order valence-corrected chi connectivity index (χ1v) is 5.06. The van der Waals surface area contributed by atoms with Crippen LogP contribution in [0.25, 0.3) is 0 Å². The molecule has 78 valence electrons. The number of aryl methyl sites for hydroxylation is 1. The highest BCUT2D eigenvalue weighted by Crippen LogP contribution is 2.04. The molecule has 4 heteroatoms. The molecule has 0 aromatic carbocycles. The number of anilines is 1. The van der Waals surface area contributed by atoms with Crippen LogP contribution in [0, 0.1) is 6.92 Å². The Morgan fingerprint density at radius 1 is 1.21 bits per heavy atom. The van der Waals surface area contributed by atoms with E-state index in [1.54, 1.807) is 12.4 Å². The molecule has 0 saturated heterocycles. The average molecular weight is 194 g/mol. The minimum atomic E-state index is 0.893. The molecule has 1 heterocycles. The van der Waals surface area contributed by atoms with Gasteiger partial charge in [-0.05, 0) is 26.4 Å².